The third-order valence-corrected chi connectivity index (χ3v) is 5.95. The van der Waals surface area contributed by atoms with Gasteiger partial charge >= 0.3 is 0 Å². The molecule has 0 bridgehead atoms. The van der Waals surface area contributed by atoms with Crippen LogP contribution in [-0.4, -0.2) is 21.4 Å². The van der Waals surface area contributed by atoms with Crippen LogP contribution >= 0.6 is 11.3 Å². The van der Waals surface area contributed by atoms with E-state index in [9.17, 15) is 9.59 Å². The zero-order chi connectivity index (χ0) is 23.2. The van der Waals surface area contributed by atoms with E-state index in [2.05, 4.69) is 15.6 Å². The summed E-state index contributed by atoms with van der Waals surface area (Å²) in [5.74, 6) is 0.232. The number of nitrogens with zero attached hydrogens (tertiary/aromatic N) is 2. The van der Waals surface area contributed by atoms with Crippen molar-refractivity contribution in [3.8, 4) is 5.69 Å². The molecule has 2 N–H and O–H groups in total. The molecule has 0 spiro atoms. The molecule has 2 aromatic carbocycles. The Kier molecular flexibility index (Phi) is 6.80. The van der Waals surface area contributed by atoms with Crippen LogP contribution in [0.15, 0.2) is 84.1 Å². The summed E-state index contributed by atoms with van der Waals surface area (Å²) in [7, 11) is 0. The summed E-state index contributed by atoms with van der Waals surface area (Å²) < 4.78 is 1.99. The van der Waals surface area contributed by atoms with E-state index >= 15 is 0 Å². The summed E-state index contributed by atoms with van der Waals surface area (Å²) in [6.45, 7) is 4.24. The lowest BCUT2D eigenvalue weighted by molar-refractivity contribution is -0.117. The zero-order valence-corrected chi connectivity index (χ0v) is 19.2. The number of aromatic nitrogens is 2. The van der Waals surface area contributed by atoms with Gasteiger partial charge in [0.05, 0.1) is 0 Å². The molecule has 0 aliphatic rings. The van der Waals surface area contributed by atoms with E-state index < -0.39 is 0 Å². The first-order chi connectivity index (χ1) is 16.0. The number of benzene rings is 2. The number of nitrogens with one attached hydrogen (secondary N) is 2. The number of amides is 2. The first kappa shape index (κ1) is 22.2. The minimum atomic E-state index is -0.349. The molecular formula is C26H24N4O2S. The van der Waals surface area contributed by atoms with Crippen molar-refractivity contribution in [2.24, 2.45) is 0 Å². The summed E-state index contributed by atoms with van der Waals surface area (Å²) in [5, 5.41) is 7.60. The van der Waals surface area contributed by atoms with Gasteiger partial charge in [0.1, 0.15) is 11.5 Å². The summed E-state index contributed by atoms with van der Waals surface area (Å²) in [6, 6.07) is 18.9. The van der Waals surface area contributed by atoms with E-state index in [1.54, 1.807) is 24.4 Å². The van der Waals surface area contributed by atoms with Gasteiger partial charge in [-0.2, -0.15) is 0 Å². The third kappa shape index (κ3) is 5.64. The van der Waals surface area contributed by atoms with Crippen LogP contribution in [0.4, 0.5) is 0 Å². The highest BCUT2D eigenvalue weighted by Gasteiger charge is 2.15. The summed E-state index contributed by atoms with van der Waals surface area (Å²) in [6.07, 6.45) is 5.36. The molecule has 0 radical (unpaired) electrons. The Morgan fingerprint density at radius 3 is 2.42 bits per heavy atom. The lowest BCUT2D eigenvalue weighted by atomic mass is 10.1. The average molecular weight is 457 g/mol. The van der Waals surface area contributed by atoms with Gasteiger partial charge in [0, 0.05) is 35.1 Å². The largest absolute Gasteiger partial charge is 0.347 e. The Labute approximate surface area is 196 Å². The fraction of sp³-hybridized carbons (Fsp3) is 0.115. The predicted molar refractivity (Wildman–Crippen MR) is 131 cm³/mol. The van der Waals surface area contributed by atoms with Crippen LogP contribution in [0.25, 0.3) is 11.8 Å². The quantitative estimate of drug-likeness (QED) is 0.398. The van der Waals surface area contributed by atoms with Crippen LogP contribution in [0.2, 0.25) is 0 Å². The van der Waals surface area contributed by atoms with Crippen LogP contribution in [0.1, 0.15) is 32.2 Å². The van der Waals surface area contributed by atoms with Crippen molar-refractivity contribution < 1.29 is 9.59 Å². The number of thiophene rings is 1. The molecule has 2 amide bonds. The van der Waals surface area contributed by atoms with Gasteiger partial charge in [-0.3, -0.25) is 9.59 Å². The molecular weight excluding hydrogens is 432 g/mol. The highest BCUT2D eigenvalue weighted by molar-refractivity contribution is 7.10. The molecule has 4 rings (SSSR count). The molecule has 0 saturated heterocycles. The molecule has 6 nitrogen and oxygen atoms in total. The molecule has 33 heavy (non-hydrogen) atoms. The van der Waals surface area contributed by atoms with E-state index in [-0.39, 0.29) is 17.5 Å². The van der Waals surface area contributed by atoms with Crippen LogP contribution in [0.3, 0.4) is 0 Å². The standard InChI is InChI=1S/C26H24N4O2S/c1-18-5-9-21(10-6-18)25(31)29-24(16-23-4-3-15-33-23)26(32)28-17-20-7-11-22(12-8-20)30-14-13-27-19(30)2/h3-16H,17H2,1-2H3,(H,28,32)(H,29,31)/b24-16-. The van der Waals surface area contributed by atoms with Gasteiger partial charge in [-0.15, -0.1) is 11.3 Å². The van der Waals surface area contributed by atoms with Gasteiger partial charge in [0.25, 0.3) is 11.8 Å². The van der Waals surface area contributed by atoms with Crippen molar-refractivity contribution in [1.82, 2.24) is 20.2 Å². The second-order valence-electron chi connectivity index (χ2n) is 7.59. The molecule has 0 aliphatic carbocycles. The number of imidazole rings is 1. The van der Waals surface area contributed by atoms with Crippen LogP contribution < -0.4 is 10.6 Å². The summed E-state index contributed by atoms with van der Waals surface area (Å²) in [5.41, 5.74) is 3.71. The van der Waals surface area contributed by atoms with Crippen LogP contribution in [-0.2, 0) is 11.3 Å². The SMILES string of the molecule is Cc1ccc(C(=O)N/C(=C\c2cccs2)C(=O)NCc2ccc(-n3ccnc3C)cc2)cc1. The fourth-order valence-electron chi connectivity index (χ4n) is 3.28. The second-order valence-corrected chi connectivity index (χ2v) is 8.57. The molecule has 7 heteroatoms. The predicted octanol–water partition coefficient (Wildman–Crippen LogP) is 4.64. The highest BCUT2D eigenvalue weighted by Crippen LogP contribution is 2.15. The molecule has 0 atom stereocenters. The van der Waals surface area contributed by atoms with Crippen molar-refractivity contribution in [3.63, 3.8) is 0 Å². The van der Waals surface area contributed by atoms with E-state index in [1.165, 1.54) is 11.3 Å². The van der Waals surface area contributed by atoms with Gasteiger partial charge < -0.3 is 15.2 Å². The smallest absolute Gasteiger partial charge is 0.268 e. The van der Waals surface area contributed by atoms with Crippen molar-refractivity contribution in [3.05, 3.63) is 112 Å². The molecule has 2 heterocycles. The molecule has 4 aromatic rings. The van der Waals surface area contributed by atoms with Crippen LogP contribution in [0.5, 0.6) is 0 Å². The Bertz CT molecular complexity index is 1270. The van der Waals surface area contributed by atoms with E-state index in [1.807, 2.05) is 78.5 Å². The minimum Gasteiger partial charge on any atom is -0.347 e. The van der Waals surface area contributed by atoms with E-state index in [0.29, 0.717) is 12.1 Å². The second kappa shape index (κ2) is 10.1. The molecule has 0 unspecified atom stereocenters. The maximum atomic E-state index is 13.0. The Morgan fingerprint density at radius 1 is 1.03 bits per heavy atom. The number of hydrogen-bond donors (Lipinski definition) is 2. The maximum Gasteiger partial charge on any atom is 0.268 e. The third-order valence-electron chi connectivity index (χ3n) is 5.13. The van der Waals surface area contributed by atoms with Crippen molar-refractivity contribution >= 4 is 29.2 Å². The fourth-order valence-corrected chi connectivity index (χ4v) is 3.93. The molecule has 0 aliphatic heterocycles. The summed E-state index contributed by atoms with van der Waals surface area (Å²) >= 11 is 1.49. The van der Waals surface area contributed by atoms with Gasteiger partial charge in [-0.25, -0.2) is 4.98 Å². The average Bonchev–Trinajstić information content (AvgIpc) is 3.49. The van der Waals surface area contributed by atoms with Crippen molar-refractivity contribution in [2.45, 2.75) is 20.4 Å². The van der Waals surface area contributed by atoms with Gasteiger partial charge in [0.2, 0.25) is 0 Å². The van der Waals surface area contributed by atoms with Crippen LogP contribution in [0, 0.1) is 13.8 Å². The highest BCUT2D eigenvalue weighted by atomic mass is 32.1. The Balaban J connectivity index is 1.45. The molecule has 166 valence electrons. The number of carbonyl (C=O) groups excluding carboxylic acids is 2. The lowest BCUT2D eigenvalue weighted by Crippen LogP contribution is -2.34. The molecule has 0 saturated carbocycles. The first-order valence-corrected chi connectivity index (χ1v) is 11.4. The number of carbonyl (C=O) groups is 2. The number of hydrogen-bond acceptors (Lipinski definition) is 4. The zero-order valence-electron chi connectivity index (χ0n) is 18.4. The van der Waals surface area contributed by atoms with Gasteiger partial charge in [-0.1, -0.05) is 35.9 Å². The topological polar surface area (TPSA) is 76.0 Å². The Morgan fingerprint density at radius 2 is 1.79 bits per heavy atom. The monoisotopic (exact) mass is 456 g/mol. The molecule has 0 fully saturated rings. The lowest BCUT2D eigenvalue weighted by Gasteiger charge is -2.12. The van der Waals surface area contributed by atoms with Gasteiger partial charge in [-0.05, 0) is 61.2 Å². The Hall–Kier alpha value is -3.97. The minimum absolute atomic E-state index is 0.202. The van der Waals surface area contributed by atoms with E-state index in [4.69, 9.17) is 0 Å². The van der Waals surface area contributed by atoms with E-state index in [0.717, 1.165) is 27.5 Å². The maximum absolute atomic E-state index is 13.0. The molecule has 2 aromatic heterocycles. The van der Waals surface area contributed by atoms with Gasteiger partial charge in [0.15, 0.2) is 0 Å². The van der Waals surface area contributed by atoms with Crippen molar-refractivity contribution in [2.75, 3.05) is 0 Å². The van der Waals surface area contributed by atoms with Crippen molar-refractivity contribution in [1.29, 1.82) is 0 Å². The summed E-state index contributed by atoms with van der Waals surface area (Å²) in [4.78, 5) is 30.8. The normalized spacial score (nSPS) is 11.3. The number of aryl methyl sites for hydroxylation is 2. The first-order valence-electron chi connectivity index (χ1n) is 10.5. The number of rotatable bonds is 7.